The third kappa shape index (κ3) is 6.62. The topological polar surface area (TPSA) is 32.3 Å². The monoisotopic (exact) mass is 368 g/mol. The minimum Gasteiger partial charge on any atom is -0.338 e. The molecule has 4 heteroatoms. The molecular weight excluding hydrogens is 332 g/mol. The van der Waals surface area contributed by atoms with E-state index in [1.165, 1.54) is 5.57 Å². The van der Waals surface area contributed by atoms with Crippen LogP contribution in [0.5, 0.6) is 0 Å². The molecule has 1 saturated heterocycles. The molecule has 0 spiro atoms. The molecular formula is C23H36N4. The quantitative estimate of drug-likeness (QED) is 0.453. The van der Waals surface area contributed by atoms with Crippen molar-refractivity contribution in [2.75, 3.05) is 31.1 Å². The second kappa shape index (κ2) is 11.0. The maximum absolute atomic E-state index is 4.38. The Morgan fingerprint density at radius 2 is 1.56 bits per heavy atom. The van der Waals surface area contributed by atoms with Crippen LogP contribution >= 0.6 is 0 Å². The minimum absolute atomic E-state index is 0.0965. The Hall–Kier alpha value is -1.94. The first-order valence-corrected chi connectivity index (χ1v) is 10.3. The van der Waals surface area contributed by atoms with Crippen molar-refractivity contribution in [3.05, 3.63) is 54.4 Å². The second-order valence-electron chi connectivity index (χ2n) is 7.66. The van der Waals surface area contributed by atoms with Crippen LogP contribution in [-0.2, 0) is 0 Å². The van der Waals surface area contributed by atoms with E-state index >= 15 is 0 Å². The van der Waals surface area contributed by atoms with Crippen LogP contribution in [0.3, 0.4) is 0 Å². The van der Waals surface area contributed by atoms with Crippen LogP contribution in [-0.4, -0.2) is 46.6 Å². The standard InChI is InChI=1S/C23H36N4/c1-5-6-7-8-9-10-11-12-14-21(2)23(3,4)27-19-17-26(18-20-27)22-24-15-13-16-25-22/h5-6,9-10,13-16H,7-8,11-12,17-20H2,1-4H3. The lowest BCUT2D eigenvalue weighted by Crippen LogP contribution is -2.55. The summed E-state index contributed by atoms with van der Waals surface area (Å²) in [6.45, 7) is 13.1. The largest absolute Gasteiger partial charge is 0.338 e. The van der Waals surface area contributed by atoms with E-state index in [0.717, 1.165) is 57.8 Å². The molecule has 0 bridgehead atoms. The van der Waals surface area contributed by atoms with Crippen molar-refractivity contribution in [1.82, 2.24) is 14.9 Å². The van der Waals surface area contributed by atoms with Gasteiger partial charge in [-0.25, -0.2) is 9.97 Å². The molecule has 2 rings (SSSR count). The normalized spacial score (nSPS) is 17.3. The van der Waals surface area contributed by atoms with Gasteiger partial charge in [0.1, 0.15) is 0 Å². The van der Waals surface area contributed by atoms with Gasteiger partial charge in [0.15, 0.2) is 0 Å². The highest BCUT2D eigenvalue weighted by molar-refractivity contribution is 5.30. The molecule has 2 heterocycles. The summed E-state index contributed by atoms with van der Waals surface area (Å²) < 4.78 is 0. The summed E-state index contributed by atoms with van der Waals surface area (Å²) in [6, 6.07) is 1.87. The van der Waals surface area contributed by atoms with E-state index in [2.05, 4.69) is 77.8 Å². The number of anilines is 1. The Bertz CT molecular complexity index is 623. The van der Waals surface area contributed by atoms with Crippen molar-refractivity contribution in [2.45, 2.75) is 58.9 Å². The number of hydrogen-bond acceptors (Lipinski definition) is 4. The van der Waals surface area contributed by atoms with Crippen LogP contribution < -0.4 is 4.90 Å². The number of allylic oxidation sites excluding steroid dienone is 5. The zero-order chi connectivity index (χ0) is 19.5. The molecule has 0 radical (unpaired) electrons. The SMILES string of the molecule is CC=CCCC=CCCC=C(C)C(C)(C)N1CCN(c2ncccn2)CC1. The summed E-state index contributed by atoms with van der Waals surface area (Å²) in [5.41, 5.74) is 1.56. The highest BCUT2D eigenvalue weighted by Crippen LogP contribution is 2.26. The Morgan fingerprint density at radius 3 is 2.19 bits per heavy atom. The molecule has 0 aliphatic carbocycles. The first-order chi connectivity index (χ1) is 13.1. The predicted octanol–water partition coefficient (Wildman–Crippen LogP) is 5.02. The first-order valence-electron chi connectivity index (χ1n) is 10.3. The van der Waals surface area contributed by atoms with Gasteiger partial charge < -0.3 is 4.90 Å². The molecule has 27 heavy (non-hydrogen) atoms. The lowest BCUT2D eigenvalue weighted by Gasteiger charge is -2.44. The molecule has 0 saturated carbocycles. The first kappa shape index (κ1) is 21.4. The van der Waals surface area contributed by atoms with Crippen molar-refractivity contribution in [2.24, 2.45) is 0 Å². The average Bonchev–Trinajstić information content (AvgIpc) is 2.70. The van der Waals surface area contributed by atoms with Crippen molar-refractivity contribution in [3.63, 3.8) is 0 Å². The van der Waals surface area contributed by atoms with E-state index in [-0.39, 0.29) is 5.54 Å². The fourth-order valence-electron chi connectivity index (χ4n) is 3.41. The van der Waals surface area contributed by atoms with E-state index in [4.69, 9.17) is 0 Å². The molecule has 0 amide bonds. The summed E-state index contributed by atoms with van der Waals surface area (Å²) in [6.07, 6.45) is 19.6. The molecule has 4 nitrogen and oxygen atoms in total. The summed E-state index contributed by atoms with van der Waals surface area (Å²) >= 11 is 0. The smallest absolute Gasteiger partial charge is 0.225 e. The Kier molecular flexibility index (Phi) is 8.73. The molecule has 1 aliphatic heterocycles. The molecule has 148 valence electrons. The number of nitrogens with zero attached hydrogens (tertiary/aromatic N) is 4. The van der Waals surface area contributed by atoms with Gasteiger partial charge in [-0.15, -0.1) is 0 Å². The van der Waals surface area contributed by atoms with E-state index in [0.29, 0.717) is 0 Å². The highest BCUT2D eigenvalue weighted by atomic mass is 15.3. The third-order valence-electron chi connectivity index (χ3n) is 5.56. The lowest BCUT2D eigenvalue weighted by atomic mass is 9.91. The van der Waals surface area contributed by atoms with E-state index < -0.39 is 0 Å². The molecule has 1 aliphatic rings. The van der Waals surface area contributed by atoms with Gasteiger partial charge in [0, 0.05) is 44.1 Å². The Labute approximate surface area is 165 Å². The zero-order valence-corrected chi connectivity index (χ0v) is 17.6. The van der Waals surface area contributed by atoms with Gasteiger partial charge in [0.25, 0.3) is 0 Å². The van der Waals surface area contributed by atoms with Gasteiger partial charge in [-0.3, -0.25) is 4.90 Å². The lowest BCUT2D eigenvalue weighted by molar-refractivity contribution is 0.141. The summed E-state index contributed by atoms with van der Waals surface area (Å²) in [5.74, 6) is 0.850. The van der Waals surface area contributed by atoms with E-state index in [1.807, 2.05) is 18.5 Å². The molecule has 1 fully saturated rings. The van der Waals surface area contributed by atoms with Gasteiger partial charge >= 0.3 is 0 Å². The molecule has 0 aromatic carbocycles. The van der Waals surface area contributed by atoms with E-state index in [9.17, 15) is 0 Å². The predicted molar refractivity (Wildman–Crippen MR) is 116 cm³/mol. The summed E-state index contributed by atoms with van der Waals surface area (Å²) in [5, 5.41) is 0. The Morgan fingerprint density at radius 1 is 0.963 bits per heavy atom. The molecule has 1 aromatic heterocycles. The van der Waals surface area contributed by atoms with Crippen molar-refractivity contribution >= 4 is 5.95 Å². The number of unbranched alkanes of at least 4 members (excludes halogenated alkanes) is 2. The van der Waals surface area contributed by atoms with Crippen LogP contribution in [0.4, 0.5) is 5.95 Å². The molecule has 0 N–H and O–H groups in total. The second-order valence-corrected chi connectivity index (χ2v) is 7.66. The maximum atomic E-state index is 4.38. The van der Waals surface area contributed by atoms with E-state index in [1.54, 1.807) is 0 Å². The summed E-state index contributed by atoms with van der Waals surface area (Å²) in [4.78, 5) is 13.6. The van der Waals surface area contributed by atoms with Gasteiger partial charge in [0.05, 0.1) is 0 Å². The van der Waals surface area contributed by atoms with Crippen LogP contribution in [0.15, 0.2) is 54.4 Å². The van der Waals surface area contributed by atoms with Crippen molar-refractivity contribution < 1.29 is 0 Å². The van der Waals surface area contributed by atoms with Crippen LogP contribution in [0.25, 0.3) is 0 Å². The molecule has 0 atom stereocenters. The van der Waals surface area contributed by atoms with Gasteiger partial charge in [-0.05, 0) is 59.4 Å². The average molecular weight is 369 g/mol. The number of hydrogen-bond donors (Lipinski definition) is 0. The fourth-order valence-corrected chi connectivity index (χ4v) is 3.41. The maximum Gasteiger partial charge on any atom is 0.225 e. The van der Waals surface area contributed by atoms with Gasteiger partial charge in [-0.2, -0.15) is 0 Å². The van der Waals surface area contributed by atoms with Crippen LogP contribution in [0, 0.1) is 0 Å². The van der Waals surface area contributed by atoms with Gasteiger partial charge in [0.2, 0.25) is 5.95 Å². The summed E-state index contributed by atoms with van der Waals surface area (Å²) in [7, 11) is 0. The Balaban J connectivity index is 1.79. The van der Waals surface area contributed by atoms with Crippen LogP contribution in [0.2, 0.25) is 0 Å². The zero-order valence-electron chi connectivity index (χ0n) is 17.6. The van der Waals surface area contributed by atoms with Crippen LogP contribution in [0.1, 0.15) is 53.4 Å². The number of piperazine rings is 1. The van der Waals surface area contributed by atoms with Crippen molar-refractivity contribution in [3.8, 4) is 0 Å². The van der Waals surface area contributed by atoms with Crippen molar-refractivity contribution in [1.29, 1.82) is 0 Å². The number of aromatic nitrogens is 2. The fraction of sp³-hybridized carbons (Fsp3) is 0.565. The minimum atomic E-state index is 0.0965. The molecule has 0 unspecified atom stereocenters. The number of rotatable bonds is 9. The highest BCUT2D eigenvalue weighted by Gasteiger charge is 2.31. The van der Waals surface area contributed by atoms with Gasteiger partial charge in [-0.1, -0.05) is 36.0 Å². The molecule has 1 aromatic rings. The third-order valence-corrected chi connectivity index (χ3v) is 5.56.